The second kappa shape index (κ2) is 4.35. The second-order valence-corrected chi connectivity index (χ2v) is 3.03. The molecule has 1 aromatic carbocycles. The minimum atomic E-state index is -0.212. The number of aliphatic hydroxyl groups excluding tert-OH is 1. The van der Waals surface area contributed by atoms with Crippen LogP contribution in [0.2, 0.25) is 0 Å². The molecule has 0 heterocycles. The summed E-state index contributed by atoms with van der Waals surface area (Å²) in [5.74, 6) is -0.212. The fourth-order valence-electron chi connectivity index (χ4n) is 1.25. The highest BCUT2D eigenvalue weighted by Crippen LogP contribution is 2.15. The third kappa shape index (κ3) is 2.26. The van der Waals surface area contributed by atoms with Gasteiger partial charge >= 0.3 is 0 Å². The number of hydrogen-bond acceptors (Lipinski definition) is 2. The molecular weight excluding hydrogens is 169 g/mol. The third-order valence-corrected chi connectivity index (χ3v) is 2.12. The summed E-state index contributed by atoms with van der Waals surface area (Å²) in [6.45, 7) is 1.73. The molecule has 1 rings (SSSR count). The molecule has 0 saturated heterocycles. The van der Waals surface area contributed by atoms with Gasteiger partial charge in [-0.15, -0.1) is 0 Å². The van der Waals surface area contributed by atoms with Crippen molar-refractivity contribution in [2.45, 2.75) is 13.0 Å². The van der Waals surface area contributed by atoms with Gasteiger partial charge < -0.3 is 10.4 Å². The van der Waals surface area contributed by atoms with E-state index in [0.29, 0.717) is 5.56 Å². The van der Waals surface area contributed by atoms with Crippen molar-refractivity contribution >= 4 is 0 Å². The minimum Gasteiger partial charge on any atom is -0.394 e. The Bertz CT molecular complexity index is 284. The van der Waals surface area contributed by atoms with Crippen molar-refractivity contribution < 1.29 is 9.50 Å². The highest BCUT2D eigenvalue weighted by molar-refractivity contribution is 5.26. The molecule has 1 atom stereocenters. The Balaban J connectivity index is 2.95. The number of halogens is 1. The number of nitrogens with one attached hydrogen (secondary N) is 1. The highest BCUT2D eigenvalue weighted by atomic mass is 19.1. The zero-order chi connectivity index (χ0) is 9.84. The van der Waals surface area contributed by atoms with Crippen LogP contribution in [0.4, 0.5) is 4.39 Å². The maximum absolute atomic E-state index is 12.9. The van der Waals surface area contributed by atoms with Gasteiger partial charge in [-0.3, -0.25) is 0 Å². The van der Waals surface area contributed by atoms with Crippen LogP contribution in [0.3, 0.4) is 0 Å². The van der Waals surface area contributed by atoms with Crippen molar-refractivity contribution in [3.8, 4) is 0 Å². The van der Waals surface area contributed by atoms with Gasteiger partial charge in [0.25, 0.3) is 0 Å². The zero-order valence-electron chi connectivity index (χ0n) is 7.84. The van der Waals surface area contributed by atoms with E-state index in [1.807, 2.05) is 0 Å². The first-order valence-electron chi connectivity index (χ1n) is 4.23. The summed E-state index contributed by atoms with van der Waals surface area (Å²) in [6, 6.07) is 4.73. The summed E-state index contributed by atoms with van der Waals surface area (Å²) in [5, 5.41) is 11.9. The fourth-order valence-corrected chi connectivity index (χ4v) is 1.25. The first-order valence-corrected chi connectivity index (χ1v) is 4.23. The molecule has 0 aliphatic carbocycles. The van der Waals surface area contributed by atoms with Gasteiger partial charge in [-0.25, -0.2) is 4.39 Å². The Kier molecular flexibility index (Phi) is 3.39. The quantitative estimate of drug-likeness (QED) is 0.742. The molecule has 0 radical (unpaired) electrons. The van der Waals surface area contributed by atoms with E-state index in [-0.39, 0.29) is 18.5 Å². The predicted molar refractivity (Wildman–Crippen MR) is 50.0 cm³/mol. The van der Waals surface area contributed by atoms with Crippen molar-refractivity contribution in [2.75, 3.05) is 13.7 Å². The Hall–Kier alpha value is -0.930. The molecule has 0 amide bonds. The predicted octanol–water partition coefficient (Wildman–Crippen LogP) is 1.39. The first-order chi connectivity index (χ1) is 6.19. The van der Waals surface area contributed by atoms with Crippen LogP contribution in [0.5, 0.6) is 0 Å². The largest absolute Gasteiger partial charge is 0.394 e. The maximum atomic E-state index is 12.9. The Morgan fingerprint density at radius 3 is 2.69 bits per heavy atom. The van der Waals surface area contributed by atoms with Gasteiger partial charge in [0.1, 0.15) is 5.82 Å². The number of aryl methyl sites for hydroxylation is 1. The van der Waals surface area contributed by atoms with E-state index in [4.69, 9.17) is 5.11 Å². The van der Waals surface area contributed by atoms with Crippen molar-refractivity contribution in [2.24, 2.45) is 0 Å². The molecule has 0 aromatic heterocycles. The topological polar surface area (TPSA) is 32.3 Å². The van der Waals surface area contributed by atoms with Gasteiger partial charge in [-0.1, -0.05) is 12.1 Å². The molecule has 0 spiro atoms. The van der Waals surface area contributed by atoms with Gasteiger partial charge in [0.2, 0.25) is 0 Å². The van der Waals surface area contributed by atoms with Crippen LogP contribution in [0, 0.1) is 12.7 Å². The van der Waals surface area contributed by atoms with Crippen molar-refractivity contribution in [3.63, 3.8) is 0 Å². The fraction of sp³-hybridized carbons (Fsp3) is 0.400. The van der Waals surface area contributed by atoms with Crippen LogP contribution < -0.4 is 5.32 Å². The average Bonchev–Trinajstić information content (AvgIpc) is 2.13. The number of benzene rings is 1. The maximum Gasteiger partial charge on any atom is 0.126 e. The SMILES string of the molecule is CNC(CO)c1ccc(F)c(C)c1. The number of rotatable bonds is 3. The molecule has 3 heteroatoms. The van der Waals surface area contributed by atoms with E-state index in [9.17, 15) is 4.39 Å². The zero-order valence-corrected chi connectivity index (χ0v) is 7.84. The van der Waals surface area contributed by atoms with Gasteiger partial charge in [-0.05, 0) is 31.2 Å². The van der Waals surface area contributed by atoms with Crippen LogP contribution in [-0.4, -0.2) is 18.8 Å². The summed E-state index contributed by atoms with van der Waals surface area (Å²) in [5.41, 5.74) is 1.51. The lowest BCUT2D eigenvalue weighted by atomic mass is 10.1. The molecule has 72 valence electrons. The van der Waals surface area contributed by atoms with E-state index >= 15 is 0 Å². The van der Waals surface area contributed by atoms with E-state index in [1.165, 1.54) is 6.07 Å². The first kappa shape index (κ1) is 10.2. The van der Waals surface area contributed by atoms with Gasteiger partial charge in [0.05, 0.1) is 12.6 Å². The highest BCUT2D eigenvalue weighted by Gasteiger charge is 2.08. The molecule has 0 bridgehead atoms. The van der Waals surface area contributed by atoms with Crippen molar-refractivity contribution in [3.05, 3.63) is 35.1 Å². The van der Waals surface area contributed by atoms with Gasteiger partial charge in [0.15, 0.2) is 0 Å². The molecule has 2 N–H and O–H groups in total. The van der Waals surface area contributed by atoms with Gasteiger partial charge in [-0.2, -0.15) is 0 Å². The molecule has 1 unspecified atom stereocenters. The van der Waals surface area contributed by atoms with Crippen molar-refractivity contribution in [1.82, 2.24) is 5.32 Å². The smallest absolute Gasteiger partial charge is 0.126 e. The average molecular weight is 183 g/mol. The summed E-state index contributed by atoms with van der Waals surface area (Å²) in [7, 11) is 1.76. The molecule has 0 aliphatic heterocycles. The molecule has 0 aliphatic rings. The summed E-state index contributed by atoms with van der Waals surface area (Å²) < 4.78 is 12.9. The van der Waals surface area contributed by atoms with E-state index in [2.05, 4.69) is 5.32 Å². The monoisotopic (exact) mass is 183 g/mol. The molecule has 13 heavy (non-hydrogen) atoms. The molecular formula is C10H14FNO. The Labute approximate surface area is 77.4 Å². The lowest BCUT2D eigenvalue weighted by Crippen LogP contribution is -2.20. The number of hydrogen-bond donors (Lipinski definition) is 2. The van der Waals surface area contributed by atoms with E-state index in [0.717, 1.165) is 5.56 Å². The summed E-state index contributed by atoms with van der Waals surface area (Å²) in [6.07, 6.45) is 0. The Morgan fingerprint density at radius 2 is 2.23 bits per heavy atom. The standard InChI is InChI=1S/C10H14FNO/c1-7-5-8(3-4-9(7)11)10(6-13)12-2/h3-5,10,12-13H,6H2,1-2H3. The molecule has 2 nitrogen and oxygen atoms in total. The van der Waals surface area contributed by atoms with E-state index < -0.39 is 0 Å². The second-order valence-electron chi connectivity index (χ2n) is 3.03. The lowest BCUT2D eigenvalue weighted by Gasteiger charge is -2.13. The summed E-state index contributed by atoms with van der Waals surface area (Å²) >= 11 is 0. The van der Waals surface area contributed by atoms with Crippen LogP contribution >= 0.6 is 0 Å². The van der Waals surface area contributed by atoms with Crippen LogP contribution in [0.25, 0.3) is 0 Å². The Morgan fingerprint density at radius 1 is 1.54 bits per heavy atom. The normalized spacial score (nSPS) is 12.9. The molecule has 0 fully saturated rings. The molecule has 0 saturated carbocycles. The van der Waals surface area contributed by atoms with Gasteiger partial charge in [0, 0.05) is 0 Å². The third-order valence-electron chi connectivity index (χ3n) is 2.12. The lowest BCUT2D eigenvalue weighted by molar-refractivity contribution is 0.251. The van der Waals surface area contributed by atoms with Crippen LogP contribution in [-0.2, 0) is 0 Å². The number of aliphatic hydroxyl groups is 1. The minimum absolute atomic E-state index is 0.0154. The number of likely N-dealkylation sites (N-methyl/N-ethyl adjacent to an activating group) is 1. The van der Waals surface area contributed by atoms with E-state index in [1.54, 1.807) is 26.1 Å². The van der Waals surface area contributed by atoms with Crippen molar-refractivity contribution in [1.29, 1.82) is 0 Å². The van der Waals surface area contributed by atoms with Crippen LogP contribution in [0.1, 0.15) is 17.2 Å². The van der Waals surface area contributed by atoms with Crippen LogP contribution in [0.15, 0.2) is 18.2 Å². The molecule has 1 aromatic rings. The summed E-state index contributed by atoms with van der Waals surface area (Å²) in [4.78, 5) is 0.